The second-order valence-electron chi connectivity index (χ2n) is 6.64. The second kappa shape index (κ2) is 10.0. The zero-order valence-corrected chi connectivity index (χ0v) is 16.4. The van der Waals surface area contributed by atoms with E-state index in [2.05, 4.69) is 0 Å². The molecule has 0 fully saturated rings. The van der Waals surface area contributed by atoms with Crippen molar-refractivity contribution in [2.24, 2.45) is 0 Å². The molecule has 0 aliphatic carbocycles. The second-order valence-corrected chi connectivity index (χ2v) is 6.64. The van der Waals surface area contributed by atoms with Crippen molar-refractivity contribution in [2.45, 2.75) is 45.4 Å². The SMILES string of the molecule is CC(=O)OC[C@H]1OC(c2ccc(COCc3ccccc3)o2)C=C[C@@H]1OC(C)=O. The molecule has 29 heavy (non-hydrogen) atoms. The van der Waals surface area contributed by atoms with E-state index in [0.717, 1.165) is 5.56 Å². The number of ether oxygens (including phenoxy) is 4. The van der Waals surface area contributed by atoms with Crippen LogP contribution in [0.15, 0.2) is 59.0 Å². The van der Waals surface area contributed by atoms with E-state index in [9.17, 15) is 9.59 Å². The molecule has 3 rings (SSSR count). The van der Waals surface area contributed by atoms with Gasteiger partial charge in [0.2, 0.25) is 0 Å². The smallest absolute Gasteiger partial charge is 0.303 e. The van der Waals surface area contributed by atoms with Gasteiger partial charge in [0.15, 0.2) is 0 Å². The van der Waals surface area contributed by atoms with Crippen molar-refractivity contribution in [3.8, 4) is 0 Å². The Morgan fingerprint density at radius 1 is 0.966 bits per heavy atom. The molecule has 0 saturated heterocycles. The Morgan fingerprint density at radius 3 is 2.48 bits per heavy atom. The van der Waals surface area contributed by atoms with E-state index in [1.807, 2.05) is 42.5 Å². The highest BCUT2D eigenvalue weighted by Crippen LogP contribution is 2.29. The minimum atomic E-state index is -0.633. The lowest BCUT2D eigenvalue weighted by Gasteiger charge is -2.30. The third kappa shape index (κ3) is 6.30. The maximum atomic E-state index is 11.3. The quantitative estimate of drug-likeness (QED) is 0.495. The van der Waals surface area contributed by atoms with Crippen molar-refractivity contribution >= 4 is 11.9 Å². The molecule has 0 saturated carbocycles. The summed E-state index contributed by atoms with van der Waals surface area (Å²) in [6.45, 7) is 3.42. The molecule has 2 aromatic rings. The first-order chi connectivity index (χ1) is 14.0. The normalized spacial score (nSPS) is 21.0. The first-order valence-electron chi connectivity index (χ1n) is 9.36. The molecule has 0 amide bonds. The van der Waals surface area contributed by atoms with Crippen LogP contribution in [0.4, 0.5) is 0 Å². The number of rotatable bonds is 8. The third-order valence-electron chi connectivity index (χ3n) is 4.24. The van der Waals surface area contributed by atoms with Crippen LogP contribution in [0.2, 0.25) is 0 Å². The van der Waals surface area contributed by atoms with Crippen molar-refractivity contribution in [2.75, 3.05) is 6.61 Å². The molecule has 7 heteroatoms. The van der Waals surface area contributed by atoms with Gasteiger partial charge in [0.1, 0.15) is 43.0 Å². The van der Waals surface area contributed by atoms with E-state index in [1.54, 1.807) is 12.2 Å². The van der Waals surface area contributed by atoms with Gasteiger partial charge in [0, 0.05) is 13.8 Å². The molecule has 3 atom stereocenters. The Morgan fingerprint density at radius 2 is 1.76 bits per heavy atom. The fourth-order valence-electron chi connectivity index (χ4n) is 2.92. The maximum absolute atomic E-state index is 11.3. The molecule has 154 valence electrons. The monoisotopic (exact) mass is 400 g/mol. The summed E-state index contributed by atoms with van der Waals surface area (Å²) in [7, 11) is 0. The summed E-state index contributed by atoms with van der Waals surface area (Å²) in [6.07, 6.45) is 1.74. The summed E-state index contributed by atoms with van der Waals surface area (Å²) in [5.41, 5.74) is 1.09. The average molecular weight is 400 g/mol. The van der Waals surface area contributed by atoms with E-state index in [4.69, 9.17) is 23.4 Å². The Labute approximate surface area is 169 Å². The number of hydrogen-bond acceptors (Lipinski definition) is 7. The van der Waals surface area contributed by atoms with Crippen molar-refractivity contribution in [3.63, 3.8) is 0 Å². The van der Waals surface area contributed by atoms with E-state index in [0.29, 0.717) is 24.7 Å². The summed E-state index contributed by atoms with van der Waals surface area (Å²) in [5.74, 6) is 0.391. The lowest BCUT2D eigenvalue weighted by molar-refractivity contribution is -0.164. The highest BCUT2D eigenvalue weighted by atomic mass is 16.6. The molecule has 0 spiro atoms. The first kappa shape index (κ1) is 20.8. The largest absolute Gasteiger partial charge is 0.463 e. The zero-order chi connectivity index (χ0) is 20.6. The molecule has 0 radical (unpaired) electrons. The van der Waals surface area contributed by atoms with Crippen molar-refractivity contribution in [1.29, 1.82) is 0 Å². The van der Waals surface area contributed by atoms with Gasteiger partial charge in [-0.25, -0.2) is 0 Å². The molecule has 2 heterocycles. The van der Waals surface area contributed by atoms with Gasteiger partial charge in [-0.3, -0.25) is 9.59 Å². The van der Waals surface area contributed by atoms with E-state index in [-0.39, 0.29) is 6.61 Å². The van der Waals surface area contributed by atoms with Crippen molar-refractivity contribution in [1.82, 2.24) is 0 Å². The minimum absolute atomic E-state index is 0.0259. The number of carbonyl (C=O) groups is 2. The summed E-state index contributed by atoms with van der Waals surface area (Å²) < 4.78 is 27.7. The lowest BCUT2D eigenvalue weighted by Crippen LogP contribution is -2.39. The van der Waals surface area contributed by atoms with Gasteiger partial charge >= 0.3 is 11.9 Å². The predicted molar refractivity (Wildman–Crippen MR) is 103 cm³/mol. The van der Waals surface area contributed by atoms with Crippen LogP contribution >= 0.6 is 0 Å². The molecule has 0 bridgehead atoms. The third-order valence-corrected chi connectivity index (χ3v) is 4.24. The molecule has 1 aromatic heterocycles. The fraction of sp³-hybridized carbons (Fsp3) is 0.364. The van der Waals surface area contributed by atoms with Crippen LogP contribution in [0.3, 0.4) is 0 Å². The topological polar surface area (TPSA) is 84.2 Å². The van der Waals surface area contributed by atoms with Gasteiger partial charge in [-0.15, -0.1) is 0 Å². The Kier molecular flexibility index (Phi) is 7.21. The molecular weight excluding hydrogens is 376 g/mol. The van der Waals surface area contributed by atoms with Crippen LogP contribution in [-0.4, -0.2) is 30.8 Å². The van der Waals surface area contributed by atoms with Gasteiger partial charge in [-0.05, 0) is 29.8 Å². The number of carbonyl (C=O) groups excluding carboxylic acids is 2. The average Bonchev–Trinajstić information content (AvgIpc) is 3.16. The zero-order valence-electron chi connectivity index (χ0n) is 16.4. The van der Waals surface area contributed by atoms with E-state index < -0.39 is 30.3 Å². The fourth-order valence-corrected chi connectivity index (χ4v) is 2.92. The number of hydrogen-bond donors (Lipinski definition) is 0. The first-order valence-corrected chi connectivity index (χ1v) is 9.36. The highest BCUT2D eigenvalue weighted by molar-refractivity contribution is 5.66. The molecule has 1 aliphatic rings. The molecule has 1 aromatic carbocycles. The Balaban J connectivity index is 1.59. The Hall–Kier alpha value is -2.90. The van der Waals surface area contributed by atoms with E-state index in [1.165, 1.54) is 13.8 Å². The van der Waals surface area contributed by atoms with Crippen LogP contribution in [0.5, 0.6) is 0 Å². The lowest BCUT2D eigenvalue weighted by atomic mass is 10.1. The molecular formula is C22H24O7. The van der Waals surface area contributed by atoms with Gasteiger partial charge in [-0.2, -0.15) is 0 Å². The highest BCUT2D eigenvalue weighted by Gasteiger charge is 2.32. The number of furan rings is 1. The molecule has 0 N–H and O–H groups in total. The van der Waals surface area contributed by atoms with Crippen LogP contribution in [0.1, 0.15) is 37.0 Å². The standard InChI is InChI=1S/C22H24O7/c1-15(23)26-14-22-21(27-16(2)24)11-10-20(29-22)19-9-8-18(28-19)13-25-12-17-6-4-3-5-7-17/h3-11,20-22H,12-14H2,1-2H3/t20?,21-,22+/m0/s1. The van der Waals surface area contributed by atoms with Crippen LogP contribution in [0.25, 0.3) is 0 Å². The van der Waals surface area contributed by atoms with Gasteiger partial charge in [0.05, 0.1) is 6.61 Å². The molecule has 7 nitrogen and oxygen atoms in total. The summed E-state index contributed by atoms with van der Waals surface area (Å²) >= 11 is 0. The van der Waals surface area contributed by atoms with Gasteiger partial charge in [0.25, 0.3) is 0 Å². The summed E-state index contributed by atoms with van der Waals surface area (Å²) in [5, 5.41) is 0. The minimum Gasteiger partial charge on any atom is -0.463 e. The van der Waals surface area contributed by atoms with Crippen molar-refractivity contribution in [3.05, 3.63) is 71.7 Å². The van der Waals surface area contributed by atoms with Crippen LogP contribution in [0, 0.1) is 0 Å². The van der Waals surface area contributed by atoms with Gasteiger partial charge < -0.3 is 23.4 Å². The predicted octanol–water partition coefficient (Wildman–Crippen LogP) is 3.49. The maximum Gasteiger partial charge on any atom is 0.303 e. The van der Waals surface area contributed by atoms with Crippen molar-refractivity contribution < 1.29 is 33.0 Å². The molecule has 1 aliphatic heterocycles. The number of benzene rings is 1. The summed E-state index contributed by atoms with van der Waals surface area (Å²) in [6, 6.07) is 13.5. The van der Waals surface area contributed by atoms with Crippen LogP contribution in [-0.2, 0) is 41.8 Å². The van der Waals surface area contributed by atoms with E-state index >= 15 is 0 Å². The summed E-state index contributed by atoms with van der Waals surface area (Å²) in [4.78, 5) is 22.4. The molecule has 1 unspecified atom stereocenters. The Bertz CT molecular complexity index is 840. The van der Waals surface area contributed by atoms with Gasteiger partial charge in [-0.1, -0.05) is 30.3 Å². The van der Waals surface area contributed by atoms with Crippen LogP contribution < -0.4 is 0 Å². The number of esters is 2.